The average molecular weight is 502 g/mol. The van der Waals surface area contributed by atoms with E-state index < -0.39 is 10.0 Å². The van der Waals surface area contributed by atoms with E-state index in [1.807, 2.05) is 6.07 Å². The number of fused-ring (bicyclic) bond motifs is 1. The minimum Gasteiger partial charge on any atom is -0.495 e. The molecule has 0 unspecified atom stereocenters. The second kappa shape index (κ2) is 9.97. The predicted molar refractivity (Wildman–Crippen MR) is 134 cm³/mol. The summed E-state index contributed by atoms with van der Waals surface area (Å²) in [7, 11) is -0.327. The Balaban J connectivity index is 1.32. The molecule has 0 radical (unpaired) electrons. The zero-order chi connectivity index (χ0) is 24.4. The van der Waals surface area contributed by atoms with Gasteiger partial charge in [0.2, 0.25) is 16.0 Å². The lowest BCUT2D eigenvalue weighted by molar-refractivity contribution is 0.00610. The molecule has 0 amide bonds. The van der Waals surface area contributed by atoms with Crippen LogP contribution in [0.1, 0.15) is 12.8 Å². The third-order valence-electron chi connectivity index (χ3n) is 6.70. The number of sulfonamides is 1. The Hall–Kier alpha value is -2.93. The Morgan fingerprint density at radius 3 is 2.60 bits per heavy atom. The van der Waals surface area contributed by atoms with Crippen LogP contribution >= 0.6 is 0 Å². The maximum atomic E-state index is 13.4. The number of hydrogen-bond donors (Lipinski definition) is 3. The summed E-state index contributed by atoms with van der Waals surface area (Å²) < 4.78 is 39.3. The Morgan fingerprint density at radius 1 is 1.11 bits per heavy atom. The van der Waals surface area contributed by atoms with Gasteiger partial charge in [0.05, 0.1) is 36.3 Å². The fourth-order valence-electron chi connectivity index (χ4n) is 4.78. The molecule has 0 spiro atoms. The second-order valence-electron chi connectivity index (χ2n) is 8.66. The minimum absolute atomic E-state index is 0.210. The molecule has 5 rings (SSSR count). The number of methoxy groups -OCH3 is 1. The molecule has 0 saturated carbocycles. The summed E-state index contributed by atoms with van der Waals surface area (Å²) in [5.41, 5.74) is 1.26. The molecule has 3 aromatic rings. The zero-order valence-corrected chi connectivity index (χ0v) is 20.8. The first kappa shape index (κ1) is 23.8. The van der Waals surface area contributed by atoms with Gasteiger partial charge in [-0.15, -0.1) is 0 Å². The number of ether oxygens (including phenoxy) is 2. The van der Waals surface area contributed by atoms with E-state index >= 15 is 0 Å². The SMILES string of the molecule is CNc1nc(Nc2ccc(S(=O)(=O)N3CCC(N4CCOCC4)CC3)cc2OC)nc2[nH]ccc12. The van der Waals surface area contributed by atoms with Crippen molar-refractivity contribution in [2.24, 2.45) is 0 Å². The molecule has 0 atom stereocenters. The van der Waals surface area contributed by atoms with E-state index in [1.54, 1.807) is 35.7 Å². The van der Waals surface area contributed by atoms with Crippen molar-refractivity contribution in [3.05, 3.63) is 30.5 Å². The number of nitrogens with one attached hydrogen (secondary N) is 3. The van der Waals surface area contributed by atoms with Crippen LogP contribution in [0.25, 0.3) is 11.0 Å². The molecule has 4 heterocycles. The van der Waals surface area contributed by atoms with Crippen molar-refractivity contribution >= 4 is 38.5 Å². The summed E-state index contributed by atoms with van der Waals surface area (Å²) in [5.74, 6) is 1.44. The number of benzene rings is 1. The number of H-pyrrole nitrogens is 1. The highest BCUT2D eigenvalue weighted by Gasteiger charge is 2.32. The quantitative estimate of drug-likeness (QED) is 0.447. The van der Waals surface area contributed by atoms with Crippen LogP contribution in [0, 0.1) is 0 Å². The molecule has 2 aliphatic heterocycles. The molecule has 1 aromatic carbocycles. The molecule has 188 valence electrons. The summed E-state index contributed by atoms with van der Waals surface area (Å²) in [5, 5.41) is 7.09. The van der Waals surface area contributed by atoms with Crippen LogP contribution in [-0.2, 0) is 14.8 Å². The monoisotopic (exact) mass is 501 g/mol. The summed E-state index contributed by atoms with van der Waals surface area (Å²) in [6.45, 7) is 4.34. The molecule has 2 aromatic heterocycles. The molecule has 0 aliphatic carbocycles. The van der Waals surface area contributed by atoms with Crippen LogP contribution in [0.4, 0.5) is 17.5 Å². The van der Waals surface area contributed by atoms with Crippen molar-refractivity contribution in [2.45, 2.75) is 23.8 Å². The van der Waals surface area contributed by atoms with Crippen molar-refractivity contribution in [2.75, 3.05) is 64.2 Å². The Bertz CT molecular complexity index is 1280. The number of aromatic amines is 1. The summed E-state index contributed by atoms with van der Waals surface area (Å²) >= 11 is 0. The molecule has 2 saturated heterocycles. The minimum atomic E-state index is -3.63. The van der Waals surface area contributed by atoms with Crippen LogP contribution < -0.4 is 15.4 Å². The fraction of sp³-hybridized carbons (Fsp3) is 0.478. The maximum absolute atomic E-state index is 13.4. The van der Waals surface area contributed by atoms with E-state index in [0.717, 1.165) is 44.5 Å². The topological polar surface area (TPSA) is 125 Å². The van der Waals surface area contributed by atoms with Gasteiger partial charge in [-0.3, -0.25) is 4.90 Å². The fourth-order valence-corrected chi connectivity index (χ4v) is 6.27. The third kappa shape index (κ3) is 4.79. The van der Waals surface area contributed by atoms with Crippen LogP contribution in [-0.4, -0.2) is 92.2 Å². The Labute approximate surface area is 204 Å². The molecule has 11 nitrogen and oxygen atoms in total. The van der Waals surface area contributed by atoms with Gasteiger partial charge in [0, 0.05) is 51.5 Å². The molecule has 2 aliphatic rings. The highest BCUT2D eigenvalue weighted by molar-refractivity contribution is 7.89. The molecule has 35 heavy (non-hydrogen) atoms. The first-order valence-electron chi connectivity index (χ1n) is 11.8. The normalized spacial score (nSPS) is 18.6. The van der Waals surface area contributed by atoms with E-state index in [4.69, 9.17) is 9.47 Å². The standard InChI is InChI=1S/C23H31N7O4S/c1-24-21-18-5-8-25-22(18)28-23(27-21)26-19-4-3-17(15-20(19)33-2)35(31,32)30-9-6-16(7-10-30)29-11-13-34-14-12-29/h3-5,8,15-16H,6-7,9-14H2,1-2H3,(H3,24,25,26,27,28). The Kier molecular flexibility index (Phi) is 6.78. The van der Waals surface area contributed by atoms with Gasteiger partial charge >= 0.3 is 0 Å². The number of morpholine rings is 1. The van der Waals surface area contributed by atoms with Gasteiger partial charge in [0.15, 0.2) is 0 Å². The lowest BCUT2D eigenvalue weighted by Crippen LogP contribution is -2.50. The van der Waals surface area contributed by atoms with E-state index in [1.165, 1.54) is 7.11 Å². The largest absolute Gasteiger partial charge is 0.495 e. The zero-order valence-electron chi connectivity index (χ0n) is 20.0. The van der Waals surface area contributed by atoms with Crippen molar-refractivity contribution < 1.29 is 17.9 Å². The van der Waals surface area contributed by atoms with Gasteiger partial charge in [0.25, 0.3) is 0 Å². The number of rotatable bonds is 7. The summed E-state index contributed by atoms with van der Waals surface area (Å²) in [6.07, 6.45) is 3.44. The summed E-state index contributed by atoms with van der Waals surface area (Å²) in [6, 6.07) is 7.15. The molecular formula is C23H31N7O4S. The van der Waals surface area contributed by atoms with E-state index in [2.05, 4.69) is 30.5 Å². The van der Waals surface area contributed by atoms with Gasteiger partial charge in [-0.1, -0.05) is 0 Å². The van der Waals surface area contributed by atoms with Gasteiger partial charge in [0.1, 0.15) is 17.2 Å². The highest BCUT2D eigenvalue weighted by atomic mass is 32.2. The van der Waals surface area contributed by atoms with E-state index in [9.17, 15) is 8.42 Å². The lowest BCUT2D eigenvalue weighted by Gasteiger charge is -2.39. The first-order chi connectivity index (χ1) is 17.0. The first-order valence-corrected chi connectivity index (χ1v) is 13.2. The van der Waals surface area contributed by atoms with Gasteiger partial charge in [-0.05, 0) is 31.0 Å². The number of aromatic nitrogens is 3. The van der Waals surface area contributed by atoms with Gasteiger partial charge in [-0.2, -0.15) is 14.3 Å². The van der Waals surface area contributed by atoms with Crippen LogP contribution in [0.3, 0.4) is 0 Å². The average Bonchev–Trinajstić information content (AvgIpc) is 3.38. The predicted octanol–water partition coefficient (Wildman–Crippen LogP) is 2.24. The van der Waals surface area contributed by atoms with Crippen molar-refractivity contribution in [1.82, 2.24) is 24.2 Å². The molecular weight excluding hydrogens is 470 g/mol. The van der Waals surface area contributed by atoms with E-state index in [0.29, 0.717) is 48.0 Å². The highest BCUT2D eigenvalue weighted by Crippen LogP contribution is 2.32. The number of anilines is 3. The van der Waals surface area contributed by atoms with E-state index in [-0.39, 0.29) is 4.90 Å². The number of nitrogens with zero attached hydrogens (tertiary/aromatic N) is 4. The smallest absolute Gasteiger partial charge is 0.243 e. The van der Waals surface area contributed by atoms with Crippen LogP contribution in [0.5, 0.6) is 5.75 Å². The lowest BCUT2D eigenvalue weighted by atomic mass is 10.0. The maximum Gasteiger partial charge on any atom is 0.243 e. The van der Waals surface area contributed by atoms with Crippen molar-refractivity contribution in [1.29, 1.82) is 0 Å². The molecule has 0 bridgehead atoms. The van der Waals surface area contributed by atoms with Crippen molar-refractivity contribution in [3.63, 3.8) is 0 Å². The second-order valence-corrected chi connectivity index (χ2v) is 10.6. The number of piperidine rings is 1. The summed E-state index contributed by atoms with van der Waals surface area (Å²) in [4.78, 5) is 14.7. The van der Waals surface area contributed by atoms with Gasteiger partial charge in [-0.25, -0.2) is 8.42 Å². The van der Waals surface area contributed by atoms with Crippen LogP contribution in [0.15, 0.2) is 35.4 Å². The number of hydrogen-bond acceptors (Lipinski definition) is 9. The van der Waals surface area contributed by atoms with Gasteiger partial charge < -0.3 is 25.1 Å². The van der Waals surface area contributed by atoms with Crippen molar-refractivity contribution in [3.8, 4) is 5.75 Å². The third-order valence-corrected chi connectivity index (χ3v) is 8.59. The molecule has 12 heteroatoms. The Morgan fingerprint density at radius 2 is 1.89 bits per heavy atom. The molecule has 3 N–H and O–H groups in total. The van der Waals surface area contributed by atoms with Crippen LogP contribution in [0.2, 0.25) is 0 Å². The molecule has 2 fully saturated rings.